The van der Waals surface area contributed by atoms with Gasteiger partial charge in [-0.2, -0.15) is 0 Å². The van der Waals surface area contributed by atoms with Gasteiger partial charge in [0.1, 0.15) is 11.2 Å². The van der Waals surface area contributed by atoms with E-state index in [1.807, 2.05) is 12.1 Å². The molecule has 2 amide bonds. The van der Waals surface area contributed by atoms with E-state index in [1.54, 1.807) is 0 Å². The third-order valence-electron chi connectivity index (χ3n) is 7.65. The lowest BCUT2D eigenvalue weighted by molar-refractivity contribution is -0.142. The van der Waals surface area contributed by atoms with Crippen LogP contribution in [-0.4, -0.2) is 34.5 Å². The summed E-state index contributed by atoms with van der Waals surface area (Å²) in [6.45, 7) is 5.09. The average Bonchev–Trinajstić information content (AvgIpc) is 2.90. The van der Waals surface area contributed by atoms with Gasteiger partial charge in [0.05, 0.1) is 5.92 Å². The number of benzene rings is 1. The van der Waals surface area contributed by atoms with E-state index in [2.05, 4.69) is 35.8 Å². The predicted molar refractivity (Wildman–Crippen MR) is 115 cm³/mol. The lowest BCUT2D eigenvalue weighted by Gasteiger charge is -2.51. The first-order valence-corrected chi connectivity index (χ1v) is 11.5. The highest BCUT2D eigenvalue weighted by atomic mass is 16.2. The standard InChI is InChI=1S/C24H35N3O2/c1-3-17-26-23(14-8-4-9-15-23)27(20-13-6-5-11-18(20)2)22(29)24(26)16-10-7-12-19(24)21(25)28/h5-6,11,13,19H,3-4,7-10,12,14-17H2,1-2H3,(H2,25,28). The van der Waals surface area contributed by atoms with E-state index in [0.717, 1.165) is 75.6 Å². The minimum atomic E-state index is -0.778. The van der Waals surface area contributed by atoms with Crippen LogP contribution in [-0.2, 0) is 9.59 Å². The molecule has 1 aromatic carbocycles. The second-order valence-electron chi connectivity index (χ2n) is 9.25. The Morgan fingerprint density at radius 2 is 1.79 bits per heavy atom. The summed E-state index contributed by atoms with van der Waals surface area (Å²) in [6, 6.07) is 8.21. The van der Waals surface area contributed by atoms with E-state index in [1.165, 1.54) is 6.42 Å². The van der Waals surface area contributed by atoms with Gasteiger partial charge in [-0.15, -0.1) is 0 Å². The van der Waals surface area contributed by atoms with Gasteiger partial charge in [0, 0.05) is 12.2 Å². The lowest BCUT2D eigenvalue weighted by atomic mass is 9.70. The van der Waals surface area contributed by atoms with Gasteiger partial charge < -0.3 is 5.73 Å². The Hall–Kier alpha value is -1.88. The fraction of sp³-hybridized carbons (Fsp3) is 0.667. The first-order chi connectivity index (χ1) is 14.0. The van der Waals surface area contributed by atoms with Crippen molar-refractivity contribution in [3.05, 3.63) is 29.8 Å². The molecule has 3 fully saturated rings. The van der Waals surface area contributed by atoms with Crippen LogP contribution in [0, 0.1) is 12.8 Å². The number of nitrogens with two attached hydrogens (primary N) is 1. The van der Waals surface area contributed by atoms with Gasteiger partial charge in [0.25, 0.3) is 0 Å². The van der Waals surface area contributed by atoms with Crippen molar-refractivity contribution in [1.82, 2.24) is 4.90 Å². The molecule has 1 aromatic rings. The molecular formula is C24H35N3O2. The van der Waals surface area contributed by atoms with Crippen LogP contribution in [0.15, 0.2) is 24.3 Å². The maximum absolute atomic E-state index is 14.4. The van der Waals surface area contributed by atoms with Crippen molar-refractivity contribution in [2.24, 2.45) is 11.7 Å². The Labute approximate surface area is 174 Å². The number of rotatable bonds is 4. The van der Waals surface area contributed by atoms with Crippen molar-refractivity contribution in [2.75, 3.05) is 11.4 Å². The summed E-state index contributed by atoms with van der Waals surface area (Å²) in [5.41, 5.74) is 6.95. The maximum atomic E-state index is 14.4. The number of aryl methyl sites for hydroxylation is 1. The average molecular weight is 398 g/mol. The Morgan fingerprint density at radius 3 is 2.45 bits per heavy atom. The van der Waals surface area contributed by atoms with E-state index in [0.29, 0.717) is 0 Å². The number of hydrogen-bond donors (Lipinski definition) is 1. The van der Waals surface area contributed by atoms with Crippen LogP contribution in [0.5, 0.6) is 0 Å². The van der Waals surface area contributed by atoms with E-state index in [-0.39, 0.29) is 17.5 Å². The third kappa shape index (κ3) is 2.92. The van der Waals surface area contributed by atoms with Crippen LogP contribution in [0.25, 0.3) is 0 Å². The van der Waals surface area contributed by atoms with Crippen LogP contribution in [0.1, 0.15) is 76.7 Å². The van der Waals surface area contributed by atoms with Gasteiger partial charge >= 0.3 is 0 Å². The molecule has 0 bridgehead atoms. The molecule has 2 aliphatic carbocycles. The molecule has 3 aliphatic rings. The quantitative estimate of drug-likeness (QED) is 0.831. The maximum Gasteiger partial charge on any atom is 0.249 e. The topological polar surface area (TPSA) is 66.6 Å². The summed E-state index contributed by atoms with van der Waals surface area (Å²) in [7, 11) is 0. The van der Waals surface area contributed by atoms with Crippen molar-refractivity contribution < 1.29 is 9.59 Å². The van der Waals surface area contributed by atoms with Crippen molar-refractivity contribution in [3.63, 3.8) is 0 Å². The largest absolute Gasteiger partial charge is 0.369 e. The molecule has 0 radical (unpaired) electrons. The summed E-state index contributed by atoms with van der Waals surface area (Å²) in [5.74, 6) is -0.592. The number of anilines is 1. The van der Waals surface area contributed by atoms with E-state index in [9.17, 15) is 9.59 Å². The predicted octanol–water partition coefficient (Wildman–Crippen LogP) is 4.13. The van der Waals surface area contributed by atoms with Gasteiger partial charge in [0.15, 0.2) is 0 Å². The summed E-state index contributed by atoms with van der Waals surface area (Å²) in [5, 5.41) is 0. The number of carbonyl (C=O) groups is 2. The second-order valence-corrected chi connectivity index (χ2v) is 9.25. The molecule has 2 N–H and O–H groups in total. The smallest absolute Gasteiger partial charge is 0.249 e. The van der Waals surface area contributed by atoms with E-state index < -0.39 is 11.5 Å². The number of hydrogen-bond acceptors (Lipinski definition) is 3. The highest BCUT2D eigenvalue weighted by Crippen LogP contribution is 2.55. The normalized spacial score (nSPS) is 29.7. The van der Waals surface area contributed by atoms with Gasteiger partial charge in [-0.25, -0.2) is 0 Å². The SMILES string of the molecule is CCCN1C2(CCCCC2C(N)=O)C(=O)N(c2ccccc2C)C12CCCCC2. The molecule has 5 nitrogen and oxygen atoms in total. The molecule has 2 spiro atoms. The summed E-state index contributed by atoms with van der Waals surface area (Å²) < 4.78 is 0. The zero-order valence-corrected chi connectivity index (χ0v) is 18.0. The lowest BCUT2D eigenvalue weighted by Crippen LogP contribution is -2.63. The van der Waals surface area contributed by atoms with Crippen molar-refractivity contribution >= 4 is 17.5 Å². The summed E-state index contributed by atoms with van der Waals surface area (Å²) in [4.78, 5) is 31.6. The fourth-order valence-corrected chi connectivity index (χ4v) is 6.49. The summed E-state index contributed by atoms with van der Waals surface area (Å²) >= 11 is 0. The number of carbonyl (C=O) groups excluding carboxylic acids is 2. The minimum absolute atomic E-state index is 0.116. The second kappa shape index (κ2) is 7.75. The van der Waals surface area contributed by atoms with Crippen LogP contribution in [0.3, 0.4) is 0 Å². The Bertz CT molecular complexity index is 786. The van der Waals surface area contributed by atoms with Crippen LogP contribution < -0.4 is 10.6 Å². The molecule has 1 aliphatic heterocycles. The van der Waals surface area contributed by atoms with Crippen molar-refractivity contribution in [1.29, 1.82) is 0 Å². The molecule has 5 heteroatoms. The Kier molecular flexibility index (Phi) is 5.45. The number of nitrogens with zero attached hydrogens (tertiary/aromatic N) is 2. The third-order valence-corrected chi connectivity index (χ3v) is 7.65. The molecule has 1 heterocycles. The van der Waals surface area contributed by atoms with E-state index in [4.69, 9.17) is 5.73 Å². The van der Waals surface area contributed by atoms with Gasteiger partial charge in [-0.1, -0.05) is 44.4 Å². The fourth-order valence-electron chi connectivity index (χ4n) is 6.49. The Morgan fingerprint density at radius 1 is 1.10 bits per heavy atom. The van der Waals surface area contributed by atoms with Gasteiger partial charge in [0.2, 0.25) is 11.8 Å². The van der Waals surface area contributed by atoms with E-state index >= 15 is 0 Å². The zero-order valence-electron chi connectivity index (χ0n) is 18.0. The van der Waals surface area contributed by atoms with Gasteiger partial charge in [-0.05, 0) is 63.5 Å². The number of primary amides is 1. The molecule has 2 unspecified atom stereocenters. The molecule has 1 saturated heterocycles. The van der Waals surface area contributed by atoms with Crippen molar-refractivity contribution in [3.8, 4) is 0 Å². The Balaban J connectivity index is 1.94. The molecule has 2 saturated carbocycles. The highest BCUT2D eigenvalue weighted by molar-refractivity contribution is 6.07. The molecule has 0 aromatic heterocycles. The number of amides is 2. The molecule has 2 atom stereocenters. The van der Waals surface area contributed by atoms with Crippen LogP contribution >= 0.6 is 0 Å². The molecule has 158 valence electrons. The number of para-hydroxylation sites is 1. The van der Waals surface area contributed by atoms with Gasteiger partial charge in [-0.3, -0.25) is 19.4 Å². The molecule has 29 heavy (non-hydrogen) atoms. The van der Waals surface area contributed by atoms with Crippen molar-refractivity contribution in [2.45, 2.75) is 89.3 Å². The van der Waals surface area contributed by atoms with Crippen LogP contribution in [0.4, 0.5) is 5.69 Å². The van der Waals surface area contributed by atoms with Crippen LogP contribution in [0.2, 0.25) is 0 Å². The minimum Gasteiger partial charge on any atom is -0.369 e. The highest BCUT2D eigenvalue weighted by Gasteiger charge is 2.68. The first kappa shape index (κ1) is 20.4. The first-order valence-electron chi connectivity index (χ1n) is 11.5. The monoisotopic (exact) mass is 397 g/mol. The molecule has 4 rings (SSSR count). The zero-order chi connectivity index (χ0) is 20.6. The summed E-state index contributed by atoms with van der Waals surface area (Å²) in [6.07, 6.45) is 9.77. The molecular weight excluding hydrogens is 362 g/mol.